The first-order valence-corrected chi connectivity index (χ1v) is 3.64. The molecule has 0 atom stereocenters. The van der Waals surface area contributed by atoms with Crippen LogP contribution in [0.3, 0.4) is 0 Å². The predicted octanol–water partition coefficient (Wildman–Crippen LogP) is -0.789. The Morgan fingerprint density at radius 3 is 2.82 bits per heavy atom. The lowest BCUT2D eigenvalue weighted by atomic mass is 9.93. The van der Waals surface area contributed by atoms with Gasteiger partial charge < -0.3 is 10.4 Å². The van der Waals surface area contributed by atoms with Gasteiger partial charge >= 0.3 is 0 Å². The summed E-state index contributed by atoms with van der Waals surface area (Å²) in [6.45, 7) is 1.23. The number of β-amino-alcohol motifs (C(OH)–C–C–N with tert-alkyl or cyclic N) is 1. The molecule has 0 bridgehead atoms. The molecule has 2 N–H and O–H groups in total. The van der Waals surface area contributed by atoms with Crippen LogP contribution in [0.2, 0.25) is 0 Å². The Morgan fingerprint density at radius 2 is 2.45 bits per heavy atom. The first kappa shape index (κ1) is 6.82. The number of hydrogen-bond acceptors (Lipinski definition) is 3. The van der Waals surface area contributed by atoms with E-state index in [0.717, 1.165) is 5.69 Å². The second kappa shape index (κ2) is 2.06. The number of hydrogen-bond donors (Lipinski definition) is 2. The molecule has 11 heavy (non-hydrogen) atoms. The third-order valence-corrected chi connectivity index (χ3v) is 2.03. The number of rotatable bonds is 1. The Balaban J connectivity index is 2.28. The molecule has 60 valence electrons. The minimum atomic E-state index is -0.707. The van der Waals surface area contributed by atoms with Gasteiger partial charge in [0.05, 0.1) is 5.69 Å². The summed E-state index contributed by atoms with van der Waals surface area (Å²) in [7, 11) is 1.85. The highest BCUT2D eigenvalue weighted by atomic mass is 16.3. The van der Waals surface area contributed by atoms with E-state index in [1.54, 1.807) is 4.68 Å². The zero-order valence-corrected chi connectivity index (χ0v) is 6.41. The fourth-order valence-corrected chi connectivity index (χ4v) is 1.21. The molecule has 0 amide bonds. The molecular weight excluding hydrogens is 142 g/mol. The van der Waals surface area contributed by atoms with Gasteiger partial charge in [-0.25, -0.2) is 0 Å². The normalized spacial score (nSPS) is 21.3. The summed E-state index contributed by atoms with van der Waals surface area (Å²) in [6, 6.07) is 1.85. The van der Waals surface area contributed by atoms with Gasteiger partial charge in [-0.1, -0.05) is 0 Å². The van der Waals surface area contributed by atoms with Gasteiger partial charge in [-0.3, -0.25) is 4.68 Å². The highest BCUT2D eigenvalue weighted by molar-refractivity contribution is 5.15. The molecule has 1 aliphatic rings. The number of aryl methyl sites for hydroxylation is 1. The van der Waals surface area contributed by atoms with E-state index >= 15 is 0 Å². The van der Waals surface area contributed by atoms with Gasteiger partial charge in [0, 0.05) is 26.3 Å². The Bertz CT molecular complexity index is 264. The monoisotopic (exact) mass is 153 g/mol. The average molecular weight is 153 g/mol. The van der Waals surface area contributed by atoms with Crippen molar-refractivity contribution in [3.8, 4) is 0 Å². The van der Waals surface area contributed by atoms with E-state index < -0.39 is 5.60 Å². The number of aromatic nitrogens is 2. The number of nitrogens with one attached hydrogen (secondary N) is 1. The third kappa shape index (κ3) is 0.948. The van der Waals surface area contributed by atoms with Crippen LogP contribution in [-0.2, 0) is 12.6 Å². The molecule has 1 aromatic rings. The molecule has 0 radical (unpaired) electrons. The maximum atomic E-state index is 9.76. The van der Waals surface area contributed by atoms with Gasteiger partial charge in [0.1, 0.15) is 5.60 Å². The van der Waals surface area contributed by atoms with Gasteiger partial charge in [-0.15, -0.1) is 0 Å². The van der Waals surface area contributed by atoms with E-state index in [-0.39, 0.29) is 0 Å². The molecule has 0 saturated carbocycles. The van der Waals surface area contributed by atoms with Crippen molar-refractivity contribution < 1.29 is 5.11 Å². The summed E-state index contributed by atoms with van der Waals surface area (Å²) in [6.07, 6.45) is 1.84. The maximum absolute atomic E-state index is 9.76. The van der Waals surface area contributed by atoms with Crippen LogP contribution >= 0.6 is 0 Å². The van der Waals surface area contributed by atoms with E-state index in [1.807, 2.05) is 19.3 Å². The topological polar surface area (TPSA) is 50.1 Å². The zero-order valence-electron chi connectivity index (χ0n) is 6.41. The number of nitrogens with zero attached hydrogens (tertiary/aromatic N) is 2. The lowest BCUT2D eigenvalue weighted by Crippen LogP contribution is -2.57. The Hall–Kier alpha value is -0.870. The molecule has 0 aliphatic carbocycles. The van der Waals surface area contributed by atoms with E-state index in [9.17, 15) is 5.11 Å². The average Bonchev–Trinajstić information content (AvgIpc) is 2.31. The second-order valence-corrected chi connectivity index (χ2v) is 3.01. The highest BCUT2D eigenvalue weighted by Crippen LogP contribution is 2.22. The summed E-state index contributed by atoms with van der Waals surface area (Å²) in [4.78, 5) is 0. The van der Waals surface area contributed by atoms with Crippen molar-refractivity contribution in [2.24, 2.45) is 7.05 Å². The van der Waals surface area contributed by atoms with Crippen LogP contribution in [0, 0.1) is 0 Å². The fraction of sp³-hybridized carbons (Fsp3) is 0.571. The Labute approximate surface area is 64.8 Å². The minimum absolute atomic E-state index is 0.615. The molecule has 2 rings (SSSR count). The first-order chi connectivity index (χ1) is 5.21. The molecule has 1 aromatic heterocycles. The fourth-order valence-electron chi connectivity index (χ4n) is 1.21. The van der Waals surface area contributed by atoms with E-state index in [0.29, 0.717) is 13.1 Å². The molecule has 1 saturated heterocycles. The molecule has 0 unspecified atom stereocenters. The molecule has 1 fully saturated rings. The van der Waals surface area contributed by atoms with Crippen molar-refractivity contribution in [1.82, 2.24) is 15.1 Å². The largest absolute Gasteiger partial charge is 0.381 e. The lowest BCUT2D eigenvalue weighted by Gasteiger charge is -2.35. The first-order valence-electron chi connectivity index (χ1n) is 3.64. The van der Waals surface area contributed by atoms with Crippen molar-refractivity contribution in [3.05, 3.63) is 18.0 Å². The second-order valence-electron chi connectivity index (χ2n) is 3.01. The van der Waals surface area contributed by atoms with E-state index in [4.69, 9.17) is 0 Å². The molecule has 4 heteroatoms. The Kier molecular flexibility index (Phi) is 1.27. The van der Waals surface area contributed by atoms with Crippen molar-refractivity contribution in [2.45, 2.75) is 5.60 Å². The van der Waals surface area contributed by atoms with Gasteiger partial charge in [0.15, 0.2) is 0 Å². The van der Waals surface area contributed by atoms with Crippen LogP contribution in [0.15, 0.2) is 12.3 Å². The van der Waals surface area contributed by atoms with Crippen molar-refractivity contribution in [1.29, 1.82) is 0 Å². The van der Waals surface area contributed by atoms with E-state index in [1.165, 1.54) is 0 Å². The Morgan fingerprint density at radius 1 is 1.73 bits per heavy atom. The zero-order chi connectivity index (χ0) is 7.90. The van der Waals surface area contributed by atoms with Crippen molar-refractivity contribution in [3.63, 3.8) is 0 Å². The highest BCUT2D eigenvalue weighted by Gasteiger charge is 2.38. The van der Waals surface area contributed by atoms with Crippen LogP contribution < -0.4 is 5.32 Å². The van der Waals surface area contributed by atoms with Crippen LogP contribution in [0.1, 0.15) is 5.69 Å². The predicted molar refractivity (Wildman–Crippen MR) is 40.0 cm³/mol. The summed E-state index contributed by atoms with van der Waals surface area (Å²) < 4.78 is 1.70. The van der Waals surface area contributed by atoms with Gasteiger partial charge in [-0.05, 0) is 6.07 Å². The van der Waals surface area contributed by atoms with Crippen molar-refractivity contribution in [2.75, 3.05) is 13.1 Å². The minimum Gasteiger partial charge on any atom is -0.381 e. The number of aliphatic hydroxyl groups is 1. The van der Waals surface area contributed by atoms with Crippen molar-refractivity contribution >= 4 is 0 Å². The molecule has 0 spiro atoms. The molecule has 0 aromatic carbocycles. The molecular formula is C7H11N3O. The van der Waals surface area contributed by atoms with Crippen LogP contribution in [0.5, 0.6) is 0 Å². The van der Waals surface area contributed by atoms with Gasteiger partial charge in [0.2, 0.25) is 0 Å². The summed E-state index contributed by atoms with van der Waals surface area (Å²) in [5, 5.41) is 16.9. The molecule has 4 nitrogen and oxygen atoms in total. The quantitative estimate of drug-likeness (QED) is 0.556. The maximum Gasteiger partial charge on any atom is 0.133 e. The van der Waals surface area contributed by atoms with E-state index in [2.05, 4.69) is 10.4 Å². The van der Waals surface area contributed by atoms with Gasteiger partial charge in [-0.2, -0.15) is 5.10 Å². The van der Waals surface area contributed by atoms with Crippen LogP contribution in [-0.4, -0.2) is 28.0 Å². The molecule has 1 aliphatic heterocycles. The summed E-state index contributed by atoms with van der Waals surface area (Å²) in [5.74, 6) is 0. The molecule has 2 heterocycles. The smallest absolute Gasteiger partial charge is 0.133 e. The van der Waals surface area contributed by atoms with Gasteiger partial charge in [0.25, 0.3) is 0 Å². The SMILES string of the molecule is Cn1ccc(C2(O)CNC2)n1. The van der Waals surface area contributed by atoms with Crippen LogP contribution in [0.4, 0.5) is 0 Å². The summed E-state index contributed by atoms with van der Waals surface area (Å²) >= 11 is 0. The third-order valence-electron chi connectivity index (χ3n) is 2.03. The lowest BCUT2D eigenvalue weighted by molar-refractivity contribution is -0.0190. The summed E-state index contributed by atoms with van der Waals surface area (Å²) in [5.41, 5.74) is 0.0556. The standard InChI is InChI=1S/C7H11N3O/c1-10-3-2-6(9-10)7(11)4-8-5-7/h2-3,8,11H,4-5H2,1H3. The van der Waals surface area contributed by atoms with Crippen LogP contribution in [0.25, 0.3) is 0 Å².